The molecule has 1 aliphatic rings. The maximum atomic E-state index is 8.90. The minimum Gasteiger partial charge on any atom is -0.370 e. The molecule has 1 fully saturated rings. The van der Waals surface area contributed by atoms with E-state index in [4.69, 9.17) is 16.9 Å². The summed E-state index contributed by atoms with van der Waals surface area (Å²) in [6.07, 6.45) is 1.15. The van der Waals surface area contributed by atoms with Gasteiger partial charge in [-0.15, -0.1) is 0 Å². The Morgan fingerprint density at radius 3 is 2.35 bits per heavy atom. The smallest absolute Gasteiger partial charge is 0.0991 e. The molecule has 0 aromatic heterocycles. The highest BCUT2D eigenvalue weighted by Gasteiger charge is 2.15. The molecule has 1 heterocycles. The van der Waals surface area contributed by atoms with Gasteiger partial charge in [-0.3, -0.25) is 4.90 Å². The summed E-state index contributed by atoms with van der Waals surface area (Å²) in [4.78, 5) is 4.90. The Morgan fingerprint density at radius 2 is 1.65 bits per heavy atom. The van der Waals surface area contributed by atoms with Gasteiger partial charge in [-0.2, -0.15) is 5.26 Å². The number of hydrogen-bond donors (Lipinski definition) is 0. The molecule has 118 valence electrons. The summed E-state index contributed by atoms with van der Waals surface area (Å²) in [5.74, 6) is 0. The van der Waals surface area contributed by atoms with Crippen molar-refractivity contribution in [2.75, 3.05) is 31.1 Å². The zero-order valence-electron chi connectivity index (χ0n) is 13.1. The van der Waals surface area contributed by atoms with E-state index in [1.807, 2.05) is 36.4 Å². The first kappa shape index (κ1) is 15.9. The molecule has 2 aromatic carbocycles. The summed E-state index contributed by atoms with van der Waals surface area (Å²) in [5.41, 5.74) is 3.23. The Hall–Kier alpha value is -2.02. The van der Waals surface area contributed by atoms with Crippen molar-refractivity contribution in [1.29, 1.82) is 5.26 Å². The maximum Gasteiger partial charge on any atom is 0.0991 e. The topological polar surface area (TPSA) is 30.3 Å². The quantitative estimate of drug-likeness (QED) is 0.856. The highest BCUT2D eigenvalue weighted by atomic mass is 35.5. The number of halogens is 1. The zero-order chi connectivity index (χ0) is 16.1. The first-order valence-corrected chi connectivity index (χ1v) is 8.34. The molecule has 0 saturated carbocycles. The normalized spacial score (nSPS) is 15.9. The van der Waals surface area contributed by atoms with Crippen LogP contribution < -0.4 is 4.90 Å². The highest BCUT2D eigenvalue weighted by molar-refractivity contribution is 6.30. The van der Waals surface area contributed by atoms with E-state index in [1.54, 1.807) is 0 Å². The van der Waals surface area contributed by atoms with E-state index in [-0.39, 0.29) is 0 Å². The second-order valence-electron chi connectivity index (χ2n) is 5.90. The van der Waals surface area contributed by atoms with Crippen molar-refractivity contribution in [2.24, 2.45) is 0 Å². The molecule has 0 N–H and O–H groups in total. The molecule has 3 nitrogen and oxygen atoms in total. The van der Waals surface area contributed by atoms with Gasteiger partial charge in [0.05, 0.1) is 11.6 Å². The molecule has 0 unspecified atom stereocenters. The van der Waals surface area contributed by atoms with Crippen LogP contribution in [0.15, 0.2) is 48.5 Å². The van der Waals surface area contributed by atoms with Gasteiger partial charge in [0.2, 0.25) is 0 Å². The molecule has 2 aromatic rings. The lowest BCUT2D eigenvalue weighted by Gasteiger charge is -2.23. The molecular weight excluding hydrogens is 306 g/mol. The summed E-state index contributed by atoms with van der Waals surface area (Å²) >= 11 is 5.95. The summed E-state index contributed by atoms with van der Waals surface area (Å²) in [6.45, 7) is 5.19. The van der Waals surface area contributed by atoms with Crippen LogP contribution in [-0.2, 0) is 6.54 Å². The first-order valence-electron chi connectivity index (χ1n) is 7.96. The van der Waals surface area contributed by atoms with Crippen LogP contribution in [0.1, 0.15) is 17.5 Å². The average Bonchev–Trinajstić information content (AvgIpc) is 2.83. The van der Waals surface area contributed by atoms with Crippen molar-refractivity contribution in [1.82, 2.24) is 4.90 Å². The van der Waals surface area contributed by atoms with Gasteiger partial charge in [0.1, 0.15) is 0 Å². The summed E-state index contributed by atoms with van der Waals surface area (Å²) in [6, 6.07) is 18.2. The molecule has 1 saturated heterocycles. The zero-order valence-corrected chi connectivity index (χ0v) is 13.8. The van der Waals surface area contributed by atoms with Crippen molar-refractivity contribution in [3.63, 3.8) is 0 Å². The third-order valence-corrected chi connectivity index (χ3v) is 4.52. The average molecular weight is 326 g/mol. The van der Waals surface area contributed by atoms with E-state index >= 15 is 0 Å². The number of rotatable bonds is 3. The van der Waals surface area contributed by atoms with E-state index < -0.39 is 0 Å². The minimum atomic E-state index is 0.716. The van der Waals surface area contributed by atoms with Gasteiger partial charge in [-0.25, -0.2) is 0 Å². The van der Waals surface area contributed by atoms with Gasteiger partial charge < -0.3 is 4.90 Å². The molecule has 1 aliphatic heterocycles. The predicted octanol–water partition coefficient (Wildman–Crippen LogP) is 3.92. The number of benzene rings is 2. The van der Waals surface area contributed by atoms with E-state index in [0.717, 1.165) is 44.2 Å². The fourth-order valence-corrected chi connectivity index (χ4v) is 3.11. The van der Waals surface area contributed by atoms with E-state index in [1.165, 1.54) is 11.3 Å². The fourth-order valence-electron chi connectivity index (χ4n) is 2.98. The van der Waals surface area contributed by atoms with Gasteiger partial charge >= 0.3 is 0 Å². The van der Waals surface area contributed by atoms with Crippen LogP contribution >= 0.6 is 11.6 Å². The Morgan fingerprint density at radius 1 is 0.913 bits per heavy atom. The fraction of sp³-hybridized carbons (Fsp3) is 0.316. The third kappa shape index (κ3) is 4.25. The van der Waals surface area contributed by atoms with E-state index in [9.17, 15) is 0 Å². The molecule has 23 heavy (non-hydrogen) atoms. The van der Waals surface area contributed by atoms with E-state index in [2.05, 4.69) is 28.0 Å². The minimum absolute atomic E-state index is 0.716. The maximum absolute atomic E-state index is 8.90. The second kappa shape index (κ2) is 7.50. The van der Waals surface area contributed by atoms with Crippen LogP contribution in [-0.4, -0.2) is 31.1 Å². The molecule has 0 spiro atoms. The lowest BCUT2D eigenvalue weighted by Crippen LogP contribution is -2.30. The molecule has 0 radical (unpaired) electrons. The molecule has 3 rings (SSSR count). The van der Waals surface area contributed by atoms with Crippen molar-refractivity contribution < 1.29 is 0 Å². The van der Waals surface area contributed by atoms with Crippen molar-refractivity contribution in [3.05, 3.63) is 64.7 Å². The lowest BCUT2D eigenvalue weighted by atomic mass is 10.2. The van der Waals surface area contributed by atoms with Crippen molar-refractivity contribution in [3.8, 4) is 6.07 Å². The van der Waals surface area contributed by atoms with Crippen LogP contribution in [0.3, 0.4) is 0 Å². The van der Waals surface area contributed by atoms with Crippen LogP contribution in [0.4, 0.5) is 5.69 Å². The van der Waals surface area contributed by atoms with E-state index in [0.29, 0.717) is 5.56 Å². The summed E-state index contributed by atoms with van der Waals surface area (Å²) in [5, 5.41) is 9.69. The molecular formula is C19H20ClN3. The SMILES string of the molecule is N#Cc1ccc(N2CCCN(Cc3ccc(Cl)cc3)CC2)cc1. The van der Waals surface area contributed by atoms with Crippen molar-refractivity contribution in [2.45, 2.75) is 13.0 Å². The van der Waals surface area contributed by atoms with Gasteiger partial charge in [0.15, 0.2) is 0 Å². The third-order valence-electron chi connectivity index (χ3n) is 4.27. The first-order chi connectivity index (χ1) is 11.2. The Labute approximate surface area is 142 Å². The largest absolute Gasteiger partial charge is 0.370 e. The van der Waals surface area contributed by atoms with Crippen LogP contribution in [0.2, 0.25) is 5.02 Å². The Bertz CT molecular complexity index is 673. The van der Waals surface area contributed by atoms with Gasteiger partial charge in [-0.05, 0) is 48.4 Å². The van der Waals surface area contributed by atoms with Gasteiger partial charge in [-0.1, -0.05) is 23.7 Å². The predicted molar refractivity (Wildman–Crippen MR) is 94.7 cm³/mol. The van der Waals surface area contributed by atoms with Crippen LogP contribution in [0.5, 0.6) is 0 Å². The summed E-state index contributed by atoms with van der Waals surface area (Å²) < 4.78 is 0. The lowest BCUT2D eigenvalue weighted by molar-refractivity contribution is 0.285. The highest BCUT2D eigenvalue weighted by Crippen LogP contribution is 2.18. The molecule has 0 amide bonds. The molecule has 0 atom stereocenters. The number of anilines is 1. The Balaban J connectivity index is 1.60. The molecule has 0 bridgehead atoms. The van der Waals surface area contributed by atoms with Gasteiger partial charge in [0, 0.05) is 43.4 Å². The number of hydrogen-bond acceptors (Lipinski definition) is 3. The van der Waals surface area contributed by atoms with Crippen molar-refractivity contribution >= 4 is 17.3 Å². The monoisotopic (exact) mass is 325 g/mol. The number of nitriles is 1. The summed E-state index contributed by atoms with van der Waals surface area (Å²) in [7, 11) is 0. The van der Waals surface area contributed by atoms with Gasteiger partial charge in [0.25, 0.3) is 0 Å². The van der Waals surface area contributed by atoms with Crippen LogP contribution in [0.25, 0.3) is 0 Å². The molecule has 4 heteroatoms. The Kier molecular flexibility index (Phi) is 5.17. The van der Waals surface area contributed by atoms with Crippen LogP contribution in [0, 0.1) is 11.3 Å². The number of nitrogens with zero attached hydrogens (tertiary/aromatic N) is 3. The standard InChI is InChI=1S/C19H20ClN3/c20-18-6-2-17(3-7-18)15-22-10-1-11-23(13-12-22)19-8-4-16(14-21)5-9-19/h2-9H,1,10-13,15H2. The second-order valence-corrected chi connectivity index (χ2v) is 6.34. The molecule has 0 aliphatic carbocycles.